The summed E-state index contributed by atoms with van der Waals surface area (Å²) in [5.41, 5.74) is 6.33. The van der Waals surface area contributed by atoms with E-state index < -0.39 is 0 Å². The first-order valence-corrected chi connectivity index (χ1v) is 6.07. The Labute approximate surface area is 105 Å². The van der Waals surface area contributed by atoms with Gasteiger partial charge in [0.15, 0.2) is 5.69 Å². The van der Waals surface area contributed by atoms with E-state index >= 15 is 0 Å². The molecule has 0 amide bonds. The quantitative estimate of drug-likeness (QED) is 0.792. The molecule has 0 fully saturated rings. The summed E-state index contributed by atoms with van der Waals surface area (Å²) in [6.45, 7) is 4.98. The molecule has 2 aromatic rings. The molecule has 2 rings (SSSR count). The Morgan fingerprint density at radius 1 is 1.44 bits per heavy atom. The molecule has 98 valence electrons. The van der Waals surface area contributed by atoms with Crippen LogP contribution in [0.5, 0.6) is 0 Å². The van der Waals surface area contributed by atoms with Gasteiger partial charge in [-0.1, -0.05) is 19.0 Å². The predicted molar refractivity (Wildman–Crippen MR) is 65.4 cm³/mol. The highest BCUT2D eigenvalue weighted by Gasteiger charge is 2.16. The first-order valence-electron chi connectivity index (χ1n) is 6.07. The molecular formula is C11H18N6O. The highest BCUT2D eigenvalue weighted by Crippen LogP contribution is 2.17. The lowest BCUT2D eigenvalue weighted by Crippen LogP contribution is -2.19. The number of aromatic amines is 1. The van der Waals surface area contributed by atoms with E-state index in [0.29, 0.717) is 42.2 Å². The van der Waals surface area contributed by atoms with Gasteiger partial charge in [0.2, 0.25) is 11.7 Å². The van der Waals surface area contributed by atoms with Gasteiger partial charge in [-0.2, -0.15) is 20.4 Å². The van der Waals surface area contributed by atoms with E-state index in [4.69, 9.17) is 10.3 Å². The molecule has 0 aliphatic heterocycles. The van der Waals surface area contributed by atoms with Crippen molar-refractivity contribution < 1.29 is 4.52 Å². The molecule has 0 aromatic carbocycles. The van der Waals surface area contributed by atoms with Gasteiger partial charge < -0.3 is 10.3 Å². The van der Waals surface area contributed by atoms with E-state index in [1.54, 1.807) is 6.20 Å². The minimum atomic E-state index is 0.371. The van der Waals surface area contributed by atoms with Crippen molar-refractivity contribution in [3.63, 3.8) is 0 Å². The van der Waals surface area contributed by atoms with E-state index in [2.05, 4.69) is 39.4 Å². The van der Waals surface area contributed by atoms with Gasteiger partial charge in [0, 0.05) is 6.42 Å². The standard InChI is InChI=1S/C11H18N6O/c1-7(2)3-8(5-12)4-10-14-11(16-18-10)9-6-13-17-15-9/h6-8H,3-5,12H2,1-2H3,(H,13,15,17)/t8-/m0/s1. The Balaban J connectivity index is 2.01. The molecular weight excluding hydrogens is 232 g/mol. The van der Waals surface area contributed by atoms with Gasteiger partial charge in [0.05, 0.1) is 6.20 Å². The van der Waals surface area contributed by atoms with Crippen molar-refractivity contribution in [1.82, 2.24) is 25.6 Å². The van der Waals surface area contributed by atoms with Gasteiger partial charge in [-0.3, -0.25) is 0 Å². The molecule has 2 aromatic heterocycles. The van der Waals surface area contributed by atoms with Gasteiger partial charge in [0.25, 0.3) is 0 Å². The van der Waals surface area contributed by atoms with Gasteiger partial charge in [-0.15, -0.1) is 0 Å². The topological polar surface area (TPSA) is 107 Å². The van der Waals surface area contributed by atoms with Crippen molar-refractivity contribution in [2.45, 2.75) is 26.7 Å². The summed E-state index contributed by atoms with van der Waals surface area (Å²) in [4.78, 5) is 4.29. The molecule has 1 atom stereocenters. The Bertz CT molecular complexity index is 464. The molecule has 7 heteroatoms. The number of aromatic nitrogens is 5. The third kappa shape index (κ3) is 3.13. The first kappa shape index (κ1) is 12.7. The van der Waals surface area contributed by atoms with Crippen LogP contribution in [0.1, 0.15) is 26.2 Å². The number of hydrogen-bond acceptors (Lipinski definition) is 6. The molecule has 0 aliphatic rings. The van der Waals surface area contributed by atoms with E-state index in [9.17, 15) is 0 Å². The van der Waals surface area contributed by atoms with Crippen molar-refractivity contribution in [1.29, 1.82) is 0 Å². The van der Waals surface area contributed by atoms with Crippen LogP contribution in [-0.2, 0) is 6.42 Å². The molecule has 3 N–H and O–H groups in total. The second kappa shape index (κ2) is 5.72. The summed E-state index contributed by atoms with van der Waals surface area (Å²) < 4.78 is 5.20. The predicted octanol–water partition coefficient (Wildman–Crippen LogP) is 1.02. The van der Waals surface area contributed by atoms with Gasteiger partial charge in [-0.25, -0.2) is 0 Å². The molecule has 0 saturated heterocycles. The Hall–Kier alpha value is -1.76. The number of hydrogen-bond donors (Lipinski definition) is 2. The fourth-order valence-electron chi connectivity index (χ4n) is 1.93. The van der Waals surface area contributed by atoms with Crippen LogP contribution in [0, 0.1) is 11.8 Å². The fraction of sp³-hybridized carbons (Fsp3) is 0.636. The van der Waals surface area contributed by atoms with Gasteiger partial charge in [0.1, 0.15) is 0 Å². The SMILES string of the molecule is CC(C)C[C@H](CN)Cc1nc(-c2cn[nH]n2)no1. The number of nitrogens with zero attached hydrogens (tertiary/aromatic N) is 4. The maximum absolute atomic E-state index is 5.75. The Morgan fingerprint density at radius 2 is 2.28 bits per heavy atom. The minimum Gasteiger partial charge on any atom is -0.339 e. The van der Waals surface area contributed by atoms with Gasteiger partial charge >= 0.3 is 0 Å². The Kier molecular flexibility index (Phi) is 4.03. The van der Waals surface area contributed by atoms with E-state index in [1.165, 1.54) is 0 Å². The second-order valence-electron chi connectivity index (χ2n) is 4.80. The second-order valence-corrected chi connectivity index (χ2v) is 4.80. The summed E-state index contributed by atoms with van der Waals surface area (Å²) >= 11 is 0. The van der Waals surface area contributed by atoms with Crippen molar-refractivity contribution in [2.75, 3.05) is 6.54 Å². The lowest BCUT2D eigenvalue weighted by atomic mass is 9.94. The first-order chi connectivity index (χ1) is 8.69. The van der Waals surface area contributed by atoms with E-state index in [1.807, 2.05) is 0 Å². The maximum Gasteiger partial charge on any atom is 0.227 e. The zero-order valence-electron chi connectivity index (χ0n) is 10.6. The van der Waals surface area contributed by atoms with Crippen molar-refractivity contribution >= 4 is 0 Å². The minimum absolute atomic E-state index is 0.371. The largest absolute Gasteiger partial charge is 0.339 e. The lowest BCUT2D eigenvalue weighted by Gasteiger charge is -2.14. The maximum atomic E-state index is 5.75. The summed E-state index contributed by atoms with van der Waals surface area (Å²) in [5.74, 6) is 2.04. The lowest BCUT2D eigenvalue weighted by molar-refractivity contribution is 0.332. The molecule has 0 radical (unpaired) electrons. The molecule has 2 heterocycles. The molecule has 18 heavy (non-hydrogen) atoms. The Morgan fingerprint density at radius 3 is 2.89 bits per heavy atom. The smallest absolute Gasteiger partial charge is 0.227 e. The van der Waals surface area contributed by atoms with Crippen molar-refractivity contribution in [3.8, 4) is 11.5 Å². The van der Waals surface area contributed by atoms with Crippen LogP contribution < -0.4 is 5.73 Å². The monoisotopic (exact) mass is 250 g/mol. The van der Waals surface area contributed by atoms with Gasteiger partial charge in [-0.05, 0) is 24.8 Å². The molecule has 0 saturated carbocycles. The van der Waals surface area contributed by atoms with E-state index in [-0.39, 0.29) is 0 Å². The number of H-pyrrole nitrogens is 1. The normalized spacial score (nSPS) is 13.1. The average Bonchev–Trinajstić information content (AvgIpc) is 2.97. The van der Waals surface area contributed by atoms with E-state index in [0.717, 1.165) is 6.42 Å². The van der Waals surface area contributed by atoms with Crippen LogP contribution >= 0.6 is 0 Å². The number of nitrogens with one attached hydrogen (secondary N) is 1. The van der Waals surface area contributed by atoms with Crippen molar-refractivity contribution in [3.05, 3.63) is 12.1 Å². The summed E-state index contributed by atoms with van der Waals surface area (Å²) in [6.07, 6.45) is 3.32. The summed E-state index contributed by atoms with van der Waals surface area (Å²) in [7, 11) is 0. The molecule has 0 aliphatic carbocycles. The highest BCUT2D eigenvalue weighted by atomic mass is 16.5. The summed E-state index contributed by atoms with van der Waals surface area (Å²) in [5, 5.41) is 14.0. The zero-order chi connectivity index (χ0) is 13.0. The summed E-state index contributed by atoms with van der Waals surface area (Å²) in [6, 6.07) is 0. The molecule has 7 nitrogen and oxygen atoms in total. The average molecular weight is 250 g/mol. The molecule has 0 unspecified atom stereocenters. The number of nitrogens with two attached hydrogens (primary N) is 1. The van der Waals surface area contributed by atoms with Crippen LogP contribution in [0.3, 0.4) is 0 Å². The van der Waals surface area contributed by atoms with Crippen molar-refractivity contribution in [2.24, 2.45) is 17.6 Å². The number of rotatable bonds is 6. The zero-order valence-corrected chi connectivity index (χ0v) is 10.6. The van der Waals surface area contributed by atoms with Crippen LogP contribution in [0.4, 0.5) is 0 Å². The third-order valence-corrected chi connectivity index (χ3v) is 2.71. The van der Waals surface area contributed by atoms with Crippen LogP contribution in [0.2, 0.25) is 0 Å². The fourth-order valence-corrected chi connectivity index (χ4v) is 1.93. The molecule has 0 bridgehead atoms. The highest BCUT2D eigenvalue weighted by molar-refractivity contribution is 5.44. The molecule has 0 spiro atoms. The van der Waals surface area contributed by atoms with Crippen LogP contribution in [0.25, 0.3) is 11.5 Å². The van der Waals surface area contributed by atoms with Crippen LogP contribution in [0.15, 0.2) is 10.7 Å². The third-order valence-electron chi connectivity index (χ3n) is 2.71. The van der Waals surface area contributed by atoms with Crippen LogP contribution in [-0.4, -0.2) is 32.1 Å².